The van der Waals surface area contributed by atoms with Crippen LogP contribution < -0.4 is 10.2 Å². The highest BCUT2D eigenvalue weighted by atomic mass is 19.3. The van der Waals surface area contributed by atoms with Gasteiger partial charge in [0.15, 0.2) is 5.65 Å². The van der Waals surface area contributed by atoms with E-state index in [1.807, 2.05) is 6.07 Å². The fourth-order valence-corrected chi connectivity index (χ4v) is 4.23. The summed E-state index contributed by atoms with van der Waals surface area (Å²) in [5.74, 6) is 1.03. The van der Waals surface area contributed by atoms with Gasteiger partial charge in [0, 0.05) is 18.7 Å². The Morgan fingerprint density at radius 3 is 2.56 bits per heavy atom. The second kappa shape index (κ2) is 8.84. The summed E-state index contributed by atoms with van der Waals surface area (Å²) in [5, 5.41) is 18.1. The number of aromatic nitrogens is 7. The molecule has 1 aromatic carbocycles. The van der Waals surface area contributed by atoms with E-state index in [4.69, 9.17) is 4.98 Å². The largest absolute Gasteiger partial charge is 0.363 e. The standard InChI is InChI=1S/C22H22F3N9/c1-11(13-6-5-7-14(17(13)23)18(24)25)26-19-15-10-16(21-30-32-33-31-21)22(34-8-3-4-9-34)29-20(15)28-12(2)27-19/h5-7,10-11,18H,3-4,8-9H2,1-2H3,(H,26,27,28,29)(H,30,31,32,33)/t11-/m1/s1. The van der Waals surface area contributed by atoms with Gasteiger partial charge in [-0.3, -0.25) is 0 Å². The van der Waals surface area contributed by atoms with Crippen LogP contribution in [0.1, 0.15) is 49.2 Å². The van der Waals surface area contributed by atoms with E-state index in [1.165, 1.54) is 12.1 Å². The van der Waals surface area contributed by atoms with Crippen molar-refractivity contribution in [1.82, 2.24) is 35.6 Å². The molecule has 0 radical (unpaired) electrons. The molecule has 0 spiro atoms. The maximum absolute atomic E-state index is 14.7. The number of tetrazole rings is 1. The van der Waals surface area contributed by atoms with Crippen LogP contribution in [0.3, 0.4) is 0 Å². The summed E-state index contributed by atoms with van der Waals surface area (Å²) in [7, 11) is 0. The van der Waals surface area contributed by atoms with E-state index in [2.05, 4.69) is 40.8 Å². The van der Waals surface area contributed by atoms with Gasteiger partial charge in [0.2, 0.25) is 5.82 Å². The molecule has 2 N–H and O–H groups in total. The fraction of sp³-hybridized carbons (Fsp3) is 0.364. The molecule has 1 aliphatic rings. The first-order valence-electron chi connectivity index (χ1n) is 10.9. The lowest BCUT2D eigenvalue weighted by atomic mass is 10.0. The number of alkyl halides is 2. The molecule has 3 aromatic heterocycles. The van der Waals surface area contributed by atoms with Gasteiger partial charge in [0.25, 0.3) is 6.43 Å². The Morgan fingerprint density at radius 2 is 1.85 bits per heavy atom. The van der Waals surface area contributed by atoms with E-state index < -0.39 is 23.8 Å². The summed E-state index contributed by atoms with van der Waals surface area (Å²) in [6.45, 7) is 5.13. The zero-order valence-electron chi connectivity index (χ0n) is 18.6. The number of aryl methyl sites for hydroxylation is 1. The van der Waals surface area contributed by atoms with E-state index >= 15 is 0 Å². The lowest BCUT2D eigenvalue weighted by Crippen LogP contribution is -2.20. The molecule has 1 aliphatic heterocycles. The highest BCUT2D eigenvalue weighted by Crippen LogP contribution is 2.35. The van der Waals surface area contributed by atoms with Crippen LogP contribution in [0.25, 0.3) is 22.4 Å². The van der Waals surface area contributed by atoms with E-state index in [9.17, 15) is 13.2 Å². The van der Waals surface area contributed by atoms with Crippen LogP contribution in [0.4, 0.5) is 24.8 Å². The molecule has 0 amide bonds. The van der Waals surface area contributed by atoms with Gasteiger partial charge in [0.1, 0.15) is 23.3 Å². The molecule has 5 rings (SSSR count). The number of hydrogen-bond donors (Lipinski definition) is 2. The first-order valence-corrected chi connectivity index (χ1v) is 10.9. The van der Waals surface area contributed by atoms with Crippen LogP contribution in [0.15, 0.2) is 24.3 Å². The number of H-pyrrole nitrogens is 1. The number of benzene rings is 1. The summed E-state index contributed by atoms with van der Waals surface area (Å²) in [6.07, 6.45) is -0.788. The number of rotatable bonds is 6. The minimum Gasteiger partial charge on any atom is -0.363 e. The highest BCUT2D eigenvalue weighted by Gasteiger charge is 2.24. The van der Waals surface area contributed by atoms with Crippen molar-refractivity contribution >= 4 is 22.7 Å². The average Bonchev–Trinajstić information content (AvgIpc) is 3.52. The first-order chi connectivity index (χ1) is 16.4. The van der Waals surface area contributed by atoms with E-state index in [1.54, 1.807) is 13.8 Å². The summed E-state index contributed by atoms with van der Waals surface area (Å²) >= 11 is 0. The number of hydrogen-bond acceptors (Lipinski definition) is 8. The molecule has 1 saturated heterocycles. The minimum atomic E-state index is -2.90. The van der Waals surface area contributed by atoms with Crippen LogP contribution >= 0.6 is 0 Å². The van der Waals surface area contributed by atoms with Crippen LogP contribution in [-0.4, -0.2) is 48.7 Å². The maximum Gasteiger partial charge on any atom is 0.266 e. The molecule has 34 heavy (non-hydrogen) atoms. The molecule has 9 nitrogen and oxygen atoms in total. The monoisotopic (exact) mass is 469 g/mol. The molecule has 12 heteroatoms. The number of nitrogens with zero attached hydrogens (tertiary/aromatic N) is 7. The second-order valence-corrected chi connectivity index (χ2v) is 8.20. The summed E-state index contributed by atoms with van der Waals surface area (Å²) < 4.78 is 41.1. The van der Waals surface area contributed by atoms with Gasteiger partial charge in [-0.15, -0.1) is 10.2 Å². The highest BCUT2D eigenvalue weighted by molar-refractivity contribution is 5.93. The number of aromatic amines is 1. The predicted molar refractivity (Wildman–Crippen MR) is 120 cm³/mol. The lowest BCUT2D eigenvalue weighted by Gasteiger charge is -2.21. The molecule has 4 aromatic rings. The van der Waals surface area contributed by atoms with Crippen molar-refractivity contribution in [2.24, 2.45) is 0 Å². The zero-order valence-corrected chi connectivity index (χ0v) is 18.6. The second-order valence-electron chi connectivity index (χ2n) is 8.20. The quantitative estimate of drug-likeness (QED) is 0.429. The molecule has 176 valence electrons. The van der Waals surface area contributed by atoms with Gasteiger partial charge in [-0.25, -0.2) is 28.1 Å². The number of pyridine rings is 1. The molecule has 0 bridgehead atoms. The SMILES string of the molecule is Cc1nc(N[C@H](C)c2cccc(C(F)F)c2F)c2cc(-c3nn[nH]n3)c(N3CCCC3)nc2n1. The van der Waals surface area contributed by atoms with Gasteiger partial charge in [-0.1, -0.05) is 18.2 Å². The topological polar surface area (TPSA) is 108 Å². The molecule has 4 heterocycles. The minimum absolute atomic E-state index is 0.113. The molecule has 0 unspecified atom stereocenters. The molecule has 0 aliphatic carbocycles. The van der Waals surface area contributed by atoms with Crippen LogP contribution in [0, 0.1) is 12.7 Å². The van der Waals surface area contributed by atoms with Crippen molar-refractivity contribution in [2.45, 2.75) is 39.2 Å². The number of nitrogens with one attached hydrogen (secondary N) is 2. The van der Waals surface area contributed by atoms with Gasteiger partial charge in [0.05, 0.1) is 22.6 Å². The average molecular weight is 469 g/mol. The number of anilines is 2. The van der Waals surface area contributed by atoms with Crippen LogP contribution in [-0.2, 0) is 0 Å². The van der Waals surface area contributed by atoms with Crippen molar-refractivity contribution in [2.75, 3.05) is 23.3 Å². The normalized spacial score (nSPS) is 14.8. The third kappa shape index (κ3) is 3.99. The van der Waals surface area contributed by atoms with Crippen molar-refractivity contribution in [3.8, 4) is 11.4 Å². The van der Waals surface area contributed by atoms with Crippen molar-refractivity contribution in [3.63, 3.8) is 0 Å². The Hall–Kier alpha value is -3.83. The van der Waals surface area contributed by atoms with E-state index in [-0.39, 0.29) is 5.56 Å². The maximum atomic E-state index is 14.7. The van der Waals surface area contributed by atoms with Crippen molar-refractivity contribution in [3.05, 3.63) is 47.0 Å². The molecule has 1 fully saturated rings. The van der Waals surface area contributed by atoms with E-state index in [0.717, 1.165) is 32.0 Å². The predicted octanol–water partition coefficient (Wildman–Crippen LogP) is 4.36. The number of halogens is 3. The molecule has 1 atom stereocenters. The molecular weight excluding hydrogens is 447 g/mol. The Bertz CT molecular complexity index is 1320. The molecular formula is C22H22F3N9. The Morgan fingerprint density at radius 1 is 1.09 bits per heavy atom. The third-order valence-corrected chi connectivity index (χ3v) is 5.88. The fourth-order valence-electron chi connectivity index (χ4n) is 4.23. The zero-order chi connectivity index (χ0) is 23.8. The van der Waals surface area contributed by atoms with Crippen molar-refractivity contribution in [1.29, 1.82) is 0 Å². The Balaban J connectivity index is 1.61. The van der Waals surface area contributed by atoms with Crippen molar-refractivity contribution < 1.29 is 13.2 Å². The smallest absolute Gasteiger partial charge is 0.266 e. The van der Waals surface area contributed by atoms with Gasteiger partial charge >= 0.3 is 0 Å². The Kier molecular flexibility index (Phi) is 5.72. The lowest BCUT2D eigenvalue weighted by molar-refractivity contribution is 0.146. The van der Waals surface area contributed by atoms with Crippen LogP contribution in [0.2, 0.25) is 0 Å². The van der Waals surface area contributed by atoms with Gasteiger partial charge in [-0.2, -0.15) is 5.21 Å². The van der Waals surface area contributed by atoms with Crippen LogP contribution in [0.5, 0.6) is 0 Å². The third-order valence-electron chi connectivity index (χ3n) is 5.88. The number of fused-ring (bicyclic) bond motifs is 1. The molecule has 0 saturated carbocycles. The Labute approximate surface area is 192 Å². The summed E-state index contributed by atoms with van der Waals surface area (Å²) in [4.78, 5) is 16.0. The van der Waals surface area contributed by atoms with Gasteiger partial charge < -0.3 is 10.2 Å². The first kappa shape index (κ1) is 22.0. The summed E-state index contributed by atoms with van der Waals surface area (Å²) in [6, 6.07) is 5.16. The van der Waals surface area contributed by atoms with Gasteiger partial charge in [-0.05, 0) is 38.0 Å². The summed E-state index contributed by atoms with van der Waals surface area (Å²) in [5.41, 5.74) is 0.601. The van der Waals surface area contributed by atoms with E-state index in [0.29, 0.717) is 39.9 Å².